The summed E-state index contributed by atoms with van der Waals surface area (Å²) in [7, 11) is 0. The summed E-state index contributed by atoms with van der Waals surface area (Å²) in [6, 6.07) is 16.9. The molecule has 1 fully saturated rings. The lowest BCUT2D eigenvalue weighted by atomic mass is 10.1. The summed E-state index contributed by atoms with van der Waals surface area (Å²) in [5.74, 6) is -0.683. The monoisotopic (exact) mass is 419 g/mol. The summed E-state index contributed by atoms with van der Waals surface area (Å²) in [5, 5.41) is 5.70. The number of hydrogen-bond donors (Lipinski definition) is 2. The number of rotatable bonds is 8. The van der Waals surface area contributed by atoms with Gasteiger partial charge in [0.15, 0.2) is 5.78 Å². The minimum atomic E-state index is -0.387. The van der Waals surface area contributed by atoms with Gasteiger partial charge in [0.1, 0.15) is 0 Å². The fraction of sp³-hybridized carbons (Fsp3) is 0.320. The van der Waals surface area contributed by atoms with Gasteiger partial charge in [0.2, 0.25) is 11.8 Å². The van der Waals surface area contributed by atoms with E-state index in [9.17, 15) is 14.4 Å². The quantitative estimate of drug-likeness (QED) is 0.505. The molecule has 6 nitrogen and oxygen atoms in total. The molecule has 0 spiro atoms. The van der Waals surface area contributed by atoms with Crippen molar-refractivity contribution in [3.63, 3.8) is 0 Å². The second kappa shape index (κ2) is 10.7. The average molecular weight is 420 g/mol. The van der Waals surface area contributed by atoms with E-state index < -0.39 is 0 Å². The number of nitrogens with zero attached hydrogens (tertiary/aromatic N) is 1. The van der Waals surface area contributed by atoms with E-state index in [1.807, 2.05) is 18.2 Å². The Kier molecular flexibility index (Phi) is 7.73. The second-order valence-electron chi connectivity index (χ2n) is 7.83. The standard InChI is InChI=1S/C25H29N3O3/c1-18(16-24(30)27-22-12-10-20(11-13-22)19(2)29)25(31)26-17-23(28-14-6-7-15-28)21-8-4-3-5-9-21/h3-5,8-13,16,23H,6-7,14-15,17H2,1-2H3,(H,26,31)(H,27,30)/b18-16-. The predicted molar refractivity (Wildman–Crippen MR) is 122 cm³/mol. The third-order valence-corrected chi connectivity index (χ3v) is 5.49. The molecular weight excluding hydrogens is 390 g/mol. The van der Waals surface area contributed by atoms with Crippen molar-refractivity contribution in [1.29, 1.82) is 0 Å². The third kappa shape index (κ3) is 6.36. The molecule has 1 aliphatic heterocycles. The molecule has 31 heavy (non-hydrogen) atoms. The Hall–Kier alpha value is -3.25. The number of amides is 2. The highest BCUT2D eigenvalue weighted by molar-refractivity contribution is 6.06. The molecule has 1 atom stereocenters. The van der Waals surface area contributed by atoms with E-state index in [0.717, 1.165) is 13.1 Å². The summed E-state index contributed by atoms with van der Waals surface area (Å²) in [5.41, 5.74) is 2.66. The first kappa shape index (κ1) is 22.4. The van der Waals surface area contributed by atoms with Gasteiger partial charge in [-0.25, -0.2) is 0 Å². The Labute approximate surface area is 183 Å². The van der Waals surface area contributed by atoms with Crippen LogP contribution in [0, 0.1) is 0 Å². The minimum absolute atomic E-state index is 0.0342. The van der Waals surface area contributed by atoms with Crippen molar-refractivity contribution in [3.8, 4) is 0 Å². The first-order chi connectivity index (χ1) is 14.9. The Bertz CT molecular complexity index is 946. The number of anilines is 1. The molecule has 1 saturated heterocycles. The van der Waals surface area contributed by atoms with Gasteiger partial charge in [0.25, 0.3) is 0 Å². The van der Waals surface area contributed by atoms with Crippen molar-refractivity contribution < 1.29 is 14.4 Å². The number of benzene rings is 2. The summed E-state index contributed by atoms with van der Waals surface area (Å²) < 4.78 is 0. The lowest BCUT2D eigenvalue weighted by molar-refractivity contribution is -0.118. The number of Topliss-reactive ketones (excluding diaryl/α,β-unsaturated/α-hetero) is 1. The molecule has 162 valence electrons. The minimum Gasteiger partial charge on any atom is -0.350 e. The van der Waals surface area contributed by atoms with Crippen LogP contribution in [0.4, 0.5) is 5.69 Å². The zero-order valence-electron chi connectivity index (χ0n) is 18.1. The third-order valence-electron chi connectivity index (χ3n) is 5.49. The van der Waals surface area contributed by atoms with Crippen LogP contribution in [0.5, 0.6) is 0 Å². The molecule has 1 unspecified atom stereocenters. The molecule has 2 aromatic carbocycles. The number of nitrogens with one attached hydrogen (secondary N) is 2. The Balaban J connectivity index is 1.58. The van der Waals surface area contributed by atoms with Crippen LogP contribution in [0.2, 0.25) is 0 Å². The van der Waals surface area contributed by atoms with Gasteiger partial charge in [0, 0.05) is 29.4 Å². The van der Waals surface area contributed by atoms with Gasteiger partial charge in [-0.05, 0) is 69.6 Å². The maximum Gasteiger partial charge on any atom is 0.248 e. The zero-order chi connectivity index (χ0) is 22.2. The number of hydrogen-bond acceptors (Lipinski definition) is 4. The van der Waals surface area contributed by atoms with Crippen LogP contribution < -0.4 is 10.6 Å². The van der Waals surface area contributed by atoms with Crippen molar-refractivity contribution in [1.82, 2.24) is 10.2 Å². The highest BCUT2D eigenvalue weighted by Crippen LogP contribution is 2.24. The molecule has 0 aromatic heterocycles. The van der Waals surface area contributed by atoms with Crippen LogP contribution >= 0.6 is 0 Å². The molecule has 0 radical (unpaired) electrons. The summed E-state index contributed by atoms with van der Waals surface area (Å²) >= 11 is 0. The van der Waals surface area contributed by atoms with Crippen LogP contribution in [-0.4, -0.2) is 42.1 Å². The Morgan fingerprint density at radius 1 is 0.968 bits per heavy atom. The Morgan fingerprint density at radius 3 is 2.23 bits per heavy atom. The highest BCUT2D eigenvalue weighted by Gasteiger charge is 2.24. The van der Waals surface area contributed by atoms with Crippen LogP contribution in [0.1, 0.15) is 48.7 Å². The number of carbonyl (C=O) groups is 3. The fourth-order valence-electron chi connectivity index (χ4n) is 3.74. The van der Waals surface area contributed by atoms with Gasteiger partial charge < -0.3 is 10.6 Å². The second-order valence-corrected chi connectivity index (χ2v) is 7.83. The van der Waals surface area contributed by atoms with Gasteiger partial charge in [0.05, 0.1) is 6.04 Å². The molecule has 2 amide bonds. The van der Waals surface area contributed by atoms with Crippen LogP contribution in [0.25, 0.3) is 0 Å². The molecule has 3 rings (SSSR count). The molecule has 2 N–H and O–H groups in total. The lowest BCUT2D eigenvalue weighted by Crippen LogP contribution is -2.37. The van der Waals surface area contributed by atoms with Gasteiger partial charge >= 0.3 is 0 Å². The van der Waals surface area contributed by atoms with Gasteiger partial charge in [-0.3, -0.25) is 19.3 Å². The molecule has 0 aliphatic carbocycles. The number of carbonyl (C=O) groups excluding carboxylic acids is 3. The van der Waals surface area contributed by atoms with E-state index in [0.29, 0.717) is 23.4 Å². The average Bonchev–Trinajstić information content (AvgIpc) is 3.29. The highest BCUT2D eigenvalue weighted by atomic mass is 16.2. The number of likely N-dealkylation sites (tertiary alicyclic amines) is 1. The molecule has 0 saturated carbocycles. The van der Waals surface area contributed by atoms with Gasteiger partial charge in [-0.1, -0.05) is 30.3 Å². The van der Waals surface area contributed by atoms with Crippen molar-refractivity contribution in [2.24, 2.45) is 0 Å². The van der Waals surface area contributed by atoms with Crippen molar-refractivity contribution in [2.45, 2.75) is 32.7 Å². The van der Waals surface area contributed by atoms with Crippen LogP contribution in [0.15, 0.2) is 66.2 Å². The van der Waals surface area contributed by atoms with E-state index in [1.165, 1.54) is 31.4 Å². The van der Waals surface area contributed by atoms with E-state index in [2.05, 4.69) is 27.7 Å². The maximum absolute atomic E-state index is 12.6. The summed E-state index contributed by atoms with van der Waals surface area (Å²) in [6.45, 7) is 5.65. The van der Waals surface area contributed by atoms with Gasteiger partial charge in [-0.2, -0.15) is 0 Å². The SMILES string of the molecule is CC(=O)c1ccc(NC(=O)/C=C(/C)C(=O)NCC(c2ccccc2)N2CCCC2)cc1. The first-order valence-corrected chi connectivity index (χ1v) is 10.6. The van der Waals surface area contributed by atoms with Crippen LogP contribution in [0.3, 0.4) is 0 Å². The normalized spacial score (nSPS) is 15.4. The van der Waals surface area contributed by atoms with Crippen molar-refractivity contribution >= 4 is 23.3 Å². The molecular formula is C25H29N3O3. The van der Waals surface area contributed by atoms with Crippen molar-refractivity contribution in [2.75, 3.05) is 25.0 Å². The first-order valence-electron chi connectivity index (χ1n) is 10.6. The molecule has 6 heteroatoms. The fourth-order valence-corrected chi connectivity index (χ4v) is 3.74. The molecule has 1 aliphatic rings. The zero-order valence-corrected chi connectivity index (χ0v) is 18.1. The molecule has 2 aromatic rings. The lowest BCUT2D eigenvalue weighted by Gasteiger charge is -2.28. The molecule has 0 bridgehead atoms. The maximum atomic E-state index is 12.6. The predicted octanol–water partition coefficient (Wildman–Crippen LogP) is 3.73. The molecule has 1 heterocycles. The summed E-state index contributed by atoms with van der Waals surface area (Å²) in [4.78, 5) is 38.6. The largest absolute Gasteiger partial charge is 0.350 e. The smallest absolute Gasteiger partial charge is 0.248 e. The van der Waals surface area contributed by atoms with E-state index in [4.69, 9.17) is 0 Å². The number of ketones is 1. The van der Waals surface area contributed by atoms with E-state index in [-0.39, 0.29) is 23.6 Å². The summed E-state index contributed by atoms with van der Waals surface area (Å²) in [6.07, 6.45) is 3.63. The Morgan fingerprint density at radius 2 is 1.61 bits per heavy atom. The van der Waals surface area contributed by atoms with Crippen molar-refractivity contribution in [3.05, 3.63) is 77.4 Å². The topological polar surface area (TPSA) is 78.5 Å². The van der Waals surface area contributed by atoms with Crippen LogP contribution in [-0.2, 0) is 9.59 Å². The van der Waals surface area contributed by atoms with E-state index in [1.54, 1.807) is 31.2 Å². The van der Waals surface area contributed by atoms with E-state index >= 15 is 0 Å². The van der Waals surface area contributed by atoms with Gasteiger partial charge in [-0.15, -0.1) is 0 Å².